The first kappa shape index (κ1) is 14.8. The molecule has 1 nitrogen and oxygen atoms in total. The minimum atomic E-state index is 0.177. The molecule has 106 valence electrons. The highest BCUT2D eigenvalue weighted by molar-refractivity contribution is 5.63. The van der Waals surface area contributed by atoms with E-state index in [4.69, 9.17) is 5.73 Å². The highest BCUT2D eigenvalue weighted by atomic mass is 14.6. The summed E-state index contributed by atoms with van der Waals surface area (Å²) >= 11 is 0. The van der Waals surface area contributed by atoms with Gasteiger partial charge in [0.1, 0.15) is 0 Å². The summed E-state index contributed by atoms with van der Waals surface area (Å²) in [5.74, 6) is 0. The average Bonchev–Trinajstić information content (AvgIpc) is 2.52. The molecule has 0 bridgehead atoms. The van der Waals surface area contributed by atoms with Crippen LogP contribution in [0.4, 0.5) is 0 Å². The second-order valence-corrected chi connectivity index (χ2v) is 5.44. The van der Waals surface area contributed by atoms with Crippen LogP contribution in [-0.4, -0.2) is 0 Å². The van der Waals surface area contributed by atoms with E-state index in [1.807, 2.05) is 6.07 Å². The first-order valence-corrected chi connectivity index (χ1v) is 7.72. The standard InChI is InChI=1S/C19H25N/c1-2-3-4-8-11-19(20)18-14-12-17(13-15-18)16-9-6-5-7-10-16/h5-7,9-10,12-15,19H,2-4,8,11,20H2,1H3. The van der Waals surface area contributed by atoms with E-state index in [0.717, 1.165) is 6.42 Å². The van der Waals surface area contributed by atoms with Crippen LogP contribution in [0.2, 0.25) is 0 Å². The first-order valence-electron chi connectivity index (χ1n) is 7.72. The van der Waals surface area contributed by atoms with Crippen LogP contribution < -0.4 is 5.73 Å². The van der Waals surface area contributed by atoms with Gasteiger partial charge in [-0.25, -0.2) is 0 Å². The molecule has 0 fully saturated rings. The molecule has 2 N–H and O–H groups in total. The molecule has 0 aromatic heterocycles. The maximum absolute atomic E-state index is 6.27. The zero-order valence-electron chi connectivity index (χ0n) is 12.4. The quantitative estimate of drug-likeness (QED) is 0.675. The van der Waals surface area contributed by atoms with E-state index < -0.39 is 0 Å². The number of rotatable bonds is 7. The lowest BCUT2D eigenvalue weighted by molar-refractivity contribution is 0.566. The Morgan fingerprint density at radius 2 is 1.45 bits per heavy atom. The van der Waals surface area contributed by atoms with Gasteiger partial charge in [0.05, 0.1) is 0 Å². The van der Waals surface area contributed by atoms with E-state index in [2.05, 4.69) is 55.5 Å². The summed E-state index contributed by atoms with van der Waals surface area (Å²) in [4.78, 5) is 0. The highest BCUT2D eigenvalue weighted by Crippen LogP contribution is 2.23. The van der Waals surface area contributed by atoms with Crippen molar-refractivity contribution in [2.24, 2.45) is 5.73 Å². The van der Waals surface area contributed by atoms with Crippen molar-refractivity contribution in [2.75, 3.05) is 0 Å². The molecule has 0 saturated heterocycles. The van der Waals surface area contributed by atoms with Crippen LogP contribution in [0.1, 0.15) is 50.6 Å². The van der Waals surface area contributed by atoms with Gasteiger partial charge >= 0.3 is 0 Å². The SMILES string of the molecule is CCCCCCC(N)c1ccc(-c2ccccc2)cc1. The summed E-state index contributed by atoms with van der Waals surface area (Å²) in [6, 6.07) is 19.3. The molecule has 0 aliphatic rings. The summed E-state index contributed by atoms with van der Waals surface area (Å²) in [5.41, 5.74) is 10.0. The minimum Gasteiger partial charge on any atom is -0.324 e. The summed E-state index contributed by atoms with van der Waals surface area (Å²) in [6.45, 7) is 2.24. The molecule has 0 spiro atoms. The lowest BCUT2D eigenvalue weighted by Gasteiger charge is -2.12. The first-order chi connectivity index (χ1) is 9.81. The second-order valence-electron chi connectivity index (χ2n) is 5.44. The molecular formula is C19H25N. The van der Waals surface area contributed by atoms with E-state index in [1.165, 1.54) is 42.4 Å². The van der Waals surface area contributed by atoms with Gasteiger partial charge in [-0.1, -0.05) is 87.2 Å². The fourth-order valence-electron chi connectivity index (χ4n) is 2.51. The van der Waals surface area contributed by atoms with Gasteiger partial charge < -0.3 is 5.73 Å². The fourth-order valence-corrected chi connectivity index (χ4v) is 2.51. The number of hydrogen-bond donors (Lipinski definition) is 1. The third-order valence-corrected chi connectivity index (χ3v) is 3.81. The fraction of sp³-hybridized carbons (Fsp3) is 0.368. The number of unbranched alkanes of at least 4 members (excludes halogenated alkanes) is 3. The summed E-state index contributed by atoms with van der Waals surface area (Å²) in [5, 5.41) is 0. The highest BCUT2D eigenvalue weighted by Gasteiger charge is 2.06. The van der Waals surface area contributed by atoms with E-state index >= 15 is 0 Å². The van der Waals surface area contributed by atoms with Crippen molar-refractivity contribution in [3.63, 3.8) is 0 Å². The summed E-state index contributed by atoms with van der Waals surface area (Å²) in [7, 11) is 0. The van der Waals surface area contributed by atoms with E-state index in [-0.39, 0.29) is 6.04 Å². The molecule has 0 amide bonds. The van der Waals surface area contributed by atoms with Gasteiger partial charge in [-0.15, -0.1) is 0 Å². The second kappa shape index (κ2) is 7.86. The smallest absolute Gasteiger partial charge is 0.0294 e. The minimum absolute atomic E-state index is 0.177. The van der Waals surface area contributed by atoms with Gasteiger partial charge in [-0.05, 0) is 23.1 Å². The number of benzene rings is 2. The lowest BCUT2D eigenvalue weighted by Crippen LogP contribution is -2.09. The van der Waals surface area contributed by atoms with Gasteiger partial charge in [0, 0.05) is 6.04 Å². The zero-order chi connectivity index (χ0) is 14.2. The third kappa shape index (κ3) is 4.21. The van der Waals surface area contributed by atoms with Crippen LogP contribution in [0.3, 0.4) is 0 Å². The summed E-state index contributed by atoms with van der Waals surface area (Å²) < 4.78 is 0. The van der Waals surface area contributed by atoms with Crippen molar-refractivity contribution in [1.82, 2.24) is 0 Å². The largest absolute Gasteiger partial charge is 0.324 e. The molecule has 0 aliphatic heterocycles. The van der Waals surface area contributed by atoms with Crippen molar-refractivity contribution in [1.29, 1.82) is 0 Å². The predicted octanol–water partition coefficient (Wildman–Crippen LogP) is 5.32. The third-order valence-electron chi connectivity index (χ3n) is 3.81. The normalized spacial score (nSPS) is 12.3. The van der Waals surface area contributed by atoms with E-state index in [1.54, 1.807) is 0 Å². The Labute approximate surface area is 122 Å². The van der Waals surface area contributed by atoms with Crippen LogP contribution in [0.25, 0.3) is 11.1 Å². The van der Waals surface area contributed by atoms with Crippen molar-refractivity contribution in [3.05, 3.63) is 60.2 Å². The monoisotopic (exact) mass is 267 g/mol. The molecule has 0 heterocycles. The Kier molecular flexibility index (Phi) is 5.82. The molecule has 0 radical (unpaired) electrons. The van der Waals surface area contributed by atoms with Crippen molar-refractivity contribution in [3.8, 4) is 11.1 Å². The van der Waals surface area contributed by atoms with Gasteiger partial charge in [-0.3, -0.25) is 0 Å². The Bertz CT molecular complexity index is 487. The molecule has 2 aromatic carbocycles. The average molecular weight is 267 g/mol. The van der Waals surface area contributed by atoms with Gasteiger partial charge in [0.15, 0.2) is 0 Å². The lowest BCUT2D eigenvalue weighted by atomic mass is 9.98. The van der Waals surface area contributed by atoms with Gasteiger partial charge in [0.2, 0.25) is 0 Å². The van der Waals surface area contributed by atoms with Crippen LogP contribution in [0.5, 0.6) is 0 Å². The molecule has 2 rings (SSSR count). The molecule has 20 heavy (non-hydrogen) atoms. The van der Waals surface area contributed by atoms with Crippen LogP contribution >= 0.6 is 0 Å². The Morgan fingerprint density at radius 3 is 2.10 bits per heavy atom. The Morgan fingerprint density at radius 1 is 0.800 bits per heavy atom. The maximum Gasteiger partial charge on any atom is 0.0294 e. The van der Waals surface area contributed by atoms with Crippen LogP contribution in [-0.2, 0) is 0 Å². The van der Waals surface area contributed by atoms with Crippen molar-refractivity contribution >= 4 is 0 Å². The van der Waals surface area contributed by atoms with Gasteiger partial charge in [0.25, 0.3) is 0 Å². The van der Waals surface area contributed by atoms with E-state index in [9.17, 15) is 0 Å². The Hall–Kier alpha value is -1.60. The van der Waals surface area contributed by atoms with Crippen molar-refractivity contribution < 1.29 is 0 Å². The predicted molar refractivity (Wildman–Crippen MR) is 87.6 cm³/mol. The zero-order valence-corrected chi connectivity index (χ0v) is 12.4. The maximum atomic E-state index is 6.27. The molecule has 1 unspecified atom stereocenters. The van der Waals surface area contributed by atoms with E-state index in [0.29, 0.717) is 0 Å². The molecule has 1 atom stereocenters. The molecule has 0 aliphatic carbocycles. The Balaban J connectivity index is 1.94. The van der Waals surface area contributed by atoms with Crippen LogP contribution in [0, 0.1) is 0 Å². The van der Waals surface area contributed by atoms with Crippen molar-refractivity contribution in [2.45, 2.75) is 45.1 Å². The molecule has 1 heteroatoms. The van der Waals surface area contributed by atoms with Crippen LogP contribution in [0.15, 0.2) is 54.6 Å². The number of nitrogens with two attached hydrogens (primary N) is 1. The topological polar surface area (TPSA) is 26.0 Å². The molecule has 2 aromatic rings. The number of hydrogen-bond acceptors (Lipinski definition) is 1. The molecular weight excluding hydrogens is 242 g/mol. The summed E-state index contributed by atoms with van der Waals surface area (Å²) in [6.07, 6.45) is 6.22. The molecule has 0 saturated carbocycles. The van der Waals surface area contributed by atoms with Gasteiger partial charge in [-0.2, -0.15) is 0 Å².